The molecule has 1 nitrogen and oxygen atoms in total. The molecule has 0 aliphatic carbocycles. The fourth-order valence-corrected chi connectivity index (χ4v) is 1.18. The minimum atomic E-state index is 0.505. The van der Waals surface area contributed by atoms with Crippen LogP contribution >= 0.6 is 15.9 Å². The molecule has 0 bridgehead atoms. The summed E-state index contributed by atoms with van der Waals surface area (Å²) in [7, 11) is 0. The van der Waals surface area contributed by atoms with Crippen LogP contribution < -0.4 is 0 Å². The first-order chi connectivity index (χ1) is 4.61. The summed E-state index contributed by atoms with van der Waals surface area (Å²) in [5.74, 6) is 0. The van der Waals surface area contributed by atoms with Crippen LogP contribution in [0.2, 0.25) is 0 Å². The van der Waals surface area contributed by atoms with E-state index in [9.17, 15) is 0 Å². The van der Waals surface area contributed by atoms with Gasteiger partial charge in [0.05, 0.1) is 0 Å². The van der Waals surface area contributed by atoms with Crippen molar-refractivity contribution in [3.63, 3.8) is 0 Å². The lowest BCUT2D eigenvalue weighted by Gasteiger charge is -2.01. The van der Waals surface area contributed by atoms with Gasteiger partial charge in [0.1, 0.15) is 4.60 Å². The Morgan fingerprint density at radius 1 is 1.50 bits per heavy atom. The summed E-state index contributed by atoms with van der Waals surface area (Å²) < 4.78 is 0.616. The molecule has 0 saturated heterocycles. The fourth-order valence-electron chi connectivity index (χ4n) is 0.669. The van der Waals surface area contributed by atoms with Crippen LogP contribution in [-0.2, 0) is 0 Å². The molecule has 0 aromatic carbocycles. The summed E-state index contributed by atoms with van der Waals surface area (Å²) >= 11 is 3.18. The van der Waals surface area contributed by atoms with E-state index in [1.807, 2.05) is 6.92 Å². The molecule has 1 heterocycles. The van der Waals surface area contributed by atoms with Crippen molar-refractivity contribution in [1.82, 2.24) is 4.98 Å². The number of pyridine rings is 1. The first-order valence-electron chi connectivity index (χ1n) is 2.79. The second-order valence-electron chi connectivity index (χ2n) is 2.06. The minimum absolute atomic E-state index is 0.505. The zero-order valence-corrected chi connectivity index (χ0v) is 7.14. The second kappa shape index (κ2) is 2.70. The molecule has 1 aromatic rings. The van der Waals surface area contributed by atoms with Gasteiger partial charge in [-0.1, -0.05) is 0 Å². The highest BCUT2D eigenvalue weighted by Crippen LogP contribution is 2.16. The summed E-state index contributed by atoms with van der Waals surface area (Å²) in [5, 5.41) is 0. The van der Waals surface area contributed by atoms with Gasteiger partial charge in [0.2, 0.25) is 0 Å². The Hall–Kier alpha value is -0.370. The quantitative estimate of drug-likeness (QED) is 0.580. The maximum Gasteiger partial charge on any atom is 0.110 e. The minimum Gasteiger partial charge on any atom is -0.246 e. The molecule has 0 spiro atoms. The number of rotatable bonds is 0. The van der Waals surface area contributed by atoms with E-state index < -0.39 is 0 Å². The molecule has 50 valence electrons. The van der Waals surface area contributed by atoms with Crippen LogP contribution in [-0.4, -0.2) is 4.98 Å². The van der Waals surface area contributed by atoms with Crippen molar-refractivity contribution >= 4 is 15.9 Å². The van der Waals surface area contributed by atoms with Gasteiger partial charge in [-0.15, -0.1) is 0 Å². The van der Waals surface area contributed by atoms with Crippen molar-refractivity contribution in [2.75, 3.05) is 0 Å². The highest BCUT2D eigenvalue weighted by atomic mass is 79.9. The third kappa shape index (κ3) is 1.37. The Morgan fingerprint density at radius 2 is 2.10 bits per heavy atom. The van der Waals surface area contributed by atoms with Crippen LogP contribution in [0.3, 0.4) is 0 Å². The van der Waals surface area contributed by atoms with Crippen LogP contribution in [0.15, 0.2) is 10.7 Å². The molecule has 0 N–H and O–H groups in total. The number of aryl methyl sites for hydroxylation is 1. The van der Waals surface area contributed by atoms with Gasteiger partial charge in [0, 0.05) is 12.6 Å². The van der Waals surface area contributed by atoms with E-state index >= 15 is 0 Å². The average Bonchev–Trinajstić information content (AvgIpc) is 1.82. The predicted octanol–water partition coefficient (Wildman–Crippen LogP) is 2.27. The largest absolute Gasteiger partial charge is 0.246 e. The summed E-state index contributed by atoms with van der Waals surface area (Å²) in [6, 6.07) is 1.74. The van der Waals surface area contributed by atoms with Gasteiger partial charge < -0.3 is 0 Å². The molecule has 0 atom stereocenters. The molecule has 1 aromatic heterocycles. The molecule has 0 unspecified atom stereocenters. The van der Waals surface area contributed by atoms with Crippen molar-refractivity contribution in [2.24, 2.45) is 0 Å². The molecular formula is C8H6BrN. The number of halogens is 1. The van der Waals surface area contributed by atoms with E-state index in [1.165, 1.54) is 0 Å². The van der Waals surface area contributed by atoms with Gasteiger partial charge in [-0.3, -0.25) is 0 Å². The summed E-state index contributed by atoms with van der Waals surface area (Å²) in [6.07, 6.45) is 0. The Morgan fingerprint density at radius 3 is 2.60 bits per heavy atom. The average molecular weight is 196 g/mol. The highest BCUT2D eigenvalue weighted by molar-refractivity contribution is 9.10. The smallest absolute Gasteiger partial charge is 0.110 e. The van der Waals surface area contributed by atoms with Gasteiger partial charge in [-0.05, 0) is 47.0 Å². The Kier molecular flexibility index (Phi) is 2.09. The molecule has 1 rings (SSSR count). The summed E-state index contributed by atoms with van der Waals surface area (Å²) in [4.78, 5) is 4.05. The van der Waals surface area contributed by atoms with E-state index in [0.29, 0.717) is 15.7 Å². The number of hydrogen-bond donors (Lipinski definition) is 0. The fraction of sp³-hybridized carbons (Fsp3) is 0.125. The molecule has 0 fully saturated rings. The van der Waals surface area contributed by atoms with Crippen molar-refractivity contribution in [3.8, 4) is 0 Å². The van der Waals surface area contributed by atoms with Gasteiger partial charge in [0.15, 0.2) is 0 Å². The normalized spacial score (nSPS) is 10.0. The third-order valence-corrected chi connectivity index (χ3v) is 1.78. The van der Waals surface area contributed by atoms with Crippen molar-refractivity contribution in [1.29, 1.82) is 0 Å². The molecule has 0 aliphatic heterocycles. The molecule has 10 heavy (non-hydrogen) atoms. The lowest BCUT2D eigenvalue weighted by molar-refractivity contribution is 1.14. The molecule has 0 saturated carbocycles. The highest BCUT2D eigenvalue weighted by Gasteiger charge is 1.99. The predicted molar refractivity (Wildman–Crippen MR) is 43.5 cm³/mol. The van der Waals surface area contributed by atoms with Gasteiger partial charge >= 0.3 is 0 Å². The Labute approximate surface area is 69.6 Å². The Bertz CT molecular complexity index is 232. The lowest BCUT2D eigenvalue weighted by atomic mass is 10.2. The number of hydrogen-bond acceptors (Lipinski definition) is 1. The molecule has 0 amide bonds. The van der Waals surface area contributed by atoms with Gasteiger partial charge in [0.25, 0.3) is 0 Å². The molecule has 4 radical (unpaired) electrons. The van der Waals surface area contributed by atoms with Gasteiger partial charge in [-0.25, -0.2) is 4.98 Å². The maximum atomic E-state index is 5.53. The zero-order chi connectivity index (χ0) is 7.72. The van der Waals surface area contributed by atoms with Crippen LogP contribution in [0.4, 0.5) is 0 Å². The van der Waals surface area contributed by atoms with E-state index in [1.54, 1.807) is 6.07 Å². The number of aromatic nitrogens is 1. The summed E-state index contributed by atoms with van der Waals surface area (Å²) in [5.41, 5.74) is 1.93. The van der Waals surface area contributed by atoms with Crippen LogP contribution in [0.5, 0.6) is 0 Å². The standard InChI is InChI=1S/C8H6BrN/c1-5-4-6(2)10-8(9)7(5)3/h1,3-4H,2H3. The topological polar surface area (TPSA) is 12.9 Å². The van der Waals surface area contributed by atoms with Crippen LogP contribution in [0.1, 0.15) is 16.8 Å². The second-order valence-corrected chi connectivity index (χ2v) is 2.81. The van der Waals surface area contributed by atoms with Gasteiger partial charge in [-0.2, -0.15) is 0 Å². The molecular weight excluding hydrogens is 190 g/mol. The first kappa shape index (κ1) is 7.73. The zero-order valence-electron chi connectivity index (χ0n) is 5.56. The first-order valence-corrected chi connectivity index (χ1v) is 3.58. The SMILES string of the molecule is [CH]c1cc(C)nc(Br)c1[CH]. The third-order valence-electron chi connectivity index (χ3n) is 1.17. The van der Waals surface area contributed by atoms with E-state index in [4.69, 9.17) is 13.8 Å². The van der Waals surface area contributed by atoms with E-state index in [0.717, 1.165) is 5.69 Å². The van der Waals surface area contributed by atoms with Crippen molar-refractivity contribution in [2.45, 2.75) is 6.92 Å². The van der Waals surface area contributed by atoms with Crippen LogP contribution in [0.25, 0.3) is 0 Å². The monoisotopic (exact) mass is 195 g/mol. The van der Waals surface area contributed by atoms with Crippen molar-refractivity contribution < 1.29 is 0 Å². The van der Waals surface area contributed by atoms with E-state index in [-0.39, 0.29) is 0 Å². The number of nitrogens with zero attached hydrogens (tertiary/aromatic N) is 1. The summed E-state index contributed by atoms with van der Waals surface area (Å²) in [6.45, 7) is 12.9. The maximum absolute atomic E-state index is 5.53. The van der Waals surface area contributed by atoms with E-state index in [2.05, 4.69) is 20.9 Å². The van der Waals surface area contributed by atoms with Crippen LogP contribution in [0, 0.1) is 20.8 Å². The van der Waals surface area contributed by atoms with Crippen molar-refractivity contribution in [3.05, 3.63) is 41.3 Å². The lowest BCUT2D eigenvalue weighted by Crippen LogP contribution is -1.89. The Balaban J connectivity index is 3.31. The molecule has 2 heteroatoms. The molecule has 0 aliphatic rings.